The first kappa shape index (κ1) is 25.2. The molecule has 196 valence electrons. The summed E-state index contributed by atoms with van der Waals surface area (Å²) in [5.74, 6) is -0.109. The van der Waals surface area contributed by atoms with Gasteiger partial charge in [0.15, 0.2) is 0 Å². The standard InChI is InChI=1S/C35H34N2O2/c36-23-28(35(38)39)20-25-16-19-34-32(22-25)30-12-7-13-33(30)37(34)29-17-14-24(15-18-29)21-31(26-8-3-1-4-9-26)27-10-5-2-6-11-27/h1-6,8-11,16,19-22,24,29-30,33H,7,12-15,17-18H2,(H,38,39)/b28-20+. The zero-order valence-electron chi connectivity index (χ0n) is 22.2. The molecule has 1 aliphatic heterocycles. The fraction of sp³-hybridized carbons (Fsp3) is 0.314. The van der Waals surface area contributed by atoms with Crippen LogP contribution >= 0.6 is 0 Å². The number of anilines is 1. The molecule has 1 heterocycles. The van der Waals surface area contributed by atoms with E-state index in [0.29, 0.717) is 23.9 Å². The van der Waals surface area contributed by atoms with Gasteiger partial charge in [-0.25, -0.2) is 4.79 Å². The van der Waals surface area contributed by atoms with Gasteiger partial charge in [0.25, 0.3) is 0 Å². The number of allylic oxidation sites excluding steroid dienone is 1. The third kappa shape index (κ3) is 5.02. The van der Waals surface area contributed by atoms with E-state index in [1.807, 2.05) is 12.1 Å². The molecular formula is C35H34N2O2. The van der Waals surface area contributed by atoms with Crippen LogP contribution in [-0.4, -0.2) is 23.2 Å². The number of nitriles is 1. The monoisotopic (exact) mass is 514 g/mol. The molecule has 1 N–H and O–H groups in total. The highest BCUT2D eigenvalue weighted by Crippen LogP contribution is 2.52. The summed E-state index contributed by atoms with van der Waals surface area (Å²) in [5.41, 5.74) is 7.14. The molecule has 2 unspecified atom stereocenters. The Morgan fingerprint density at radius 3 is 2.15 bits per heavy atom. The van der Waals surface area contributed by atoms with Crippen LogP contribution in [0.15, 0.2) is 90.5 Å². The summed E-state index contributed by atoms with van der Waals surface area (Å²) >= 11 is 0. The Labute approximate surface area is 230 Å². The maximum absolute atomic E-state index is 11.4. The third-order valence-electron chi connectivity index (χ3n) is 8.93. The minimum atomic E-state index is -1.17. The normalized spacial score (nSPS) is 24.0. The number of carboxylic acids is 1. The highest BCUT2D eigenvalue weighted by Gasteiger charge is 2.44. The van der Waals surface area contributed by atoms with Crippen molar-refractivity contribution in [2.75, 3.05) is 4.90 Å². The Hall–Kier alpha value is -4.10. The van der Waals surface area contributed by atoms with Crippen molar-refractivity contribution in [3.05, 3.63) is 113 Å². The van der Waals surface area contributed by atoms with Crippen LogP contribution in [0.5, 0.6) is 0 Å². The summed E-state index contributed by atoms with van der Waals surface area (Å²) < 4.78 is 0. The number of hydrogen-bond acceptors (Lipinski definition) is 3. The van der Waals surface area contributed by atoms with E-state index in [2.05, 4.69) is 83.8 Å². The predicted molar refractivity (Wildman–Crippen MR) is 156 cm³/mol. The van der Waals surface area contributed by atoms with Gasteiger partial charge in [0, 0.05) is 23.7 Å². The van der Waals surface area contributed by atoms with Crippen molar-refractivity contribution in [1.82, 2.24) is 0 Å². The molecule has 0 radical (unpaired) electrons. The average Bonchev–Trinajstić information content (AvgIpc) is 3.57. The van der Waals surface area contributed by atoms with Crippen LogP contribution < -0.4 is 4.90 Å². The molecule has 0 saturated heterocycles. The lowest BCUT2D eigenvalue weighted by atomic mass is 9.82. The van der Waals surface area contributed by atoms with Gasteiger partial charge in [0.2, 0.25) is 0 Å². The van der Waals surface area contributed by atoms with Crippen molar-refractivity contribution < 1.29 is 9.90 Å². The number of fused-ring (bicyclic) bond motifs is 3. The lowest BCUT2D eigenvalue weighted by molar-refractivity contribution is -0.132. The Bertz CT molecular complexity index is 1400. The summed E-state index contributed by atoms with van der Waals surface area (Å²) in [6, 6.07) is 30.7. The molecule has 0 bridgehead atoms. The number of aliphatic carboxylic acids is 1. The predicted octanol–water partition coefficient (Wildman–Crippen LogP) is 7.82. The van der Waals surface area contributed by atoms with Gasteiger partial charge >= 0.3 is 5.97 Å². The SMILES string of the molecule is N#C/C(=C\c1ccc2c(c1)C1CCCC1N2C1CCC(C=C(c2ccccc2)c2ccccc2)CC1)C(=O)O. The third-order valence-corrected chi connectivity index (χ3v) is 8.93. The zero-order valence-corrected chi connectivity index (χ0v) is 22.2. The fourth-order valence-corrected chi connectivity index (χ4v) is 7.16. The number of rotatable bonds is 6. The number of nitrogens with zero attached hydrogens (tertiary/aromatic N) is 2. The Kier molecular flexibility index (Phi) is 7.07. The molecule has 3 aliphatic rings. The minimum Gasteiger partial charge on any atom is -0.477 e. The van der Waals surface area contributed by atoms with E-state index in [9.17, 15) is 15.2 Å². The molecule has 2 fully saturated rings. The summed E-state index contributed by atoms with van der Waals surface area (Å²) in [6.45, 7) is 0. The molecule has 4 heteroatoms. The minimum absolute atomic E-state index is 0.218. The lowest BCUT2D eigenvalue weighted by Gasteiger charge is -2.39. The van der Waals surface area contributed by atoms with E-state index in [4.69, 9.17) is 0 Å². The van der Waals surface area contributed by atoms with Gasteiger partial charge in [0.05, 0.1) is 0 Å². The second-order valence-electron chi connectivity index (χ2n) is 11.2. The van der Waals surface area contributed by atoms with Crippen LogP contribution in [0.3, 0.4) is 0 Å². The van der Waals surface area contributed by atoms with E-state index in [-0.39, 0.29) is 5.57 Å². The molecule has 2 atom stereocenters. The summed E-state index contributed by atoms with van der Waals surface area (Å²) in [6.07, 6.45) is 12.4. The highest BCUT2D eigenvalue weighted by molar-refractivity contribution is 5.96. The second-order valence-corrected chi connectivity index (χ2v) is 11.2. The van der Waals surface area contributed by atoms with E-state index >= 15 is 0 Å². The van der Waals surface area contributed by atoms with Crippen LogP contribution in [0.4, 0.5) is 5.69 Å². The Morgan fingerprint density at radius 2 is 1.54 bits per heavy atom. The summed E-state index contributed by atoms with van der Waals surface area (Å²) in [4.78, 5) is 14.1. The second kappa shape index (κ2) is 10.9. The van der Waals surface area contributed by atoms with Crippen molar-refractivity contribution in [3.63, 3.8) is 0 Å². The molecule has 0 spiro atoms. The zero-order chi connectivity index (χ0) is 26.8. The van der Waals surface area contributed by atoms with Crippen LogP contribution in [-0.2, 0) is 4.79 Å². The van der Waals surface area contributed by atoms with E-state index in [1.165, 1.54) is 79.0 Å². The molecule has 2 aliphatic carbocycles. The van der Waals surface area contributed by atoms with Gasteiger partial charge in [-0.05, 0) is 90.5 Å². The topological polar surface area (TPSA) is 64.3 Å². The molecule has 2 saturated carbocycles. The molecule has 3 aromatic rings. The summed E-state index contributed by atoms with van der Waals surface area (Å²) in [7, 11) is 0. The molecular weight excluding hydrogens is 480 g/mol. The molecule has 3 aromatic carbocycles. The largest absolute Gasteiger partial charge is 0.477 e. The van der Waals surface area contributed by atoms with E-state index in [0.717, 1.165) is 5.56 Å². The molecule has 0 amide bonds. The van der Waals surface area contributed by atoms with Crippen molar-refractivity contribution in [2.45, 2.75) is 62.9 Å². The molecule has 39 heavy (non-hydrogen) atoms. The molecule has 4 nitrogen and oxygen atoms in total. The fourth-order valence-electron chi connectivity index (χ4n) is 7.16. The number of benzene rings is 3. The van der Waals surface area contributed by atoms with Crippen LogP contribution in [0.2, 0.25) is 0 Å². The van der Waals surface area contributed by atoms with Crippen molar-refractivity contribution in [3.8, 4) is 6.07 Å². The van der Waals surface area contributed by atoms with Gasteiger partial charge in [-0.1, -0.05) is 79.2 Å². The van der Waals surface area contributed by atoms with Crippen LogP contribution in [0, 0.1) is 17.2 Å². The van der Waals surface area contributed by atoms with Gasteiger partial charge in [-0.15, -0.1) is 0 Å². The highest BCUT2D eigenvalue weighted by atomic mass is 16.4. The van der Waals surface area contributed by atoms with Gasteiger partial charge < -0.3 is 10.0 Å². The van der Waals surface area contributed by atoms with Crippen molar-refractivity contribution >= 4 is 23.3 Å². The number of hydrogen-bond donors (Lipinski definition) is 1. The van der Waals surface area contributed by atoms with E-state index in [1.54, 1.807) is 0 Å². The quantitative estimate of drug-likeness (QED) is 0.269. The smallest absolute Gasteiger partial charge is 0.346 e. The summed E-state index contributed by atoms with van der Waals surface area (Å²) in [5, 5.41) is 18.5. The first-order valence-corrected chi connectivity index (χ1v) is 14.2. The first-order chi connectivity index (χ1) is 19.1. The average molecular weight is 515 g/mol. The number of carboxylic acid groups (broad SMARTS) is 1. The molecule has 6 rings (SSSR count). The van der Waals surface area contributed by atoms with Crippen LogP contribution in [0.25, 0.3) is 11.6 Å². The first-order valence-electron chi connectivity index (χ1n) is 14.2. The van der Waals surface area contributed by atoms with Gasteiger partial charge in [-0.2, -0.15) is 5.26 Å². The van der Waals surface area contributed by atoms with Crippen molar-refractivity contribution in [1.29, 1.82) is 5.26 Å². The Balaban J connectivity index is 1.23. The molecule has 0 aromatic heterocycles. The lowest BCUT2D eigenvalue weighted by Crippen LogP contribution is -2.42. The van der Waals surface area contributed by atoms with Gasteiger partial charge in [-0.3, -0.25) is 0 Å². The van der Waals surface area contributed by atoms with Crippen molar-refractivity contribution in [2.24, 2.45) is 5.92 Å². The maximum Gasteiger partial charge on any atom is 0.346 e. The van der Waals surface area contributed by atoms with Crippen LogP contribution in [0.1, 0.15) is 73.1 Å². The Morgan fingerprint density at radius 1 is 0.872 bits per heavy atom. The maximum atomic E-state index is 11.4. The van der Waals surface area contributed by atoms with Gasteiger partial charge in [0.1, 0.15) is 11.6 Å². The van der Waals surface area contributed by atoms with E-state index < -0.39 is 5.97 Å². The number of carbonyl (C=O) groups is 1.